The van der Waals surface area contributed by atoms with Gasteiger partial charge in [0.25, 0.3) is 5.91 Å². The number of ether oxygens (including phenoxy) is 1. The zero-order chi connectivity index (χ0) is 18.6. The van der Waals surface area contributed by atoms with Gasteiger partial charge in [0.15, 0.2) is 11.8 Å². The lowest BCUT2D eigenvalue weighted by Gasteiger charge is -2.14. The predicted molar refractivity (Wildman–Crippen MR) is 94.3 cm³/mol. The minimum absolute atomic E-state index is 0.175. The molecular formula is C18H24N4O3. The molecule has 134 valence electrons. The molecule has 1 unspecified atom stereocenters. The number of nitrogens with zero attached hydrogens (tertiary/aromatic N) is 3. The molecule has 0 saturated heterocycles. The first-order valence-corrected chi connectivity index (χ1v) is 8.24. The van der Waals surface area contributed by atoms with Gasteiger partial charge in [-0.25, -0.2) is 9.50 Å². The van der Waals surface area contributed by atoms with Crippen LogP contribution < -0.4 is 5.32 Å². The second kappa shape index (κ2) is 7.92. The summed E-state index contributed by atoms with van der Waals surface area (Å²) in [7, 11) is 0. The van der Waals surface area contributed by atoms with E-state index in [0.29, 0.717) is 13.0 Å². The van der Waals surface area contributed by atoms with Crippen LogP contribution in [0.1, 0.15) is 36.0 Å². The Balaban J connectivity index is 2.01. The van der Waals surface area contributed by atoms with Crippen molar-refractivity contribution in [3.63, 3.8) is 0 Å². The minimum atomic E-state index is -0.830. The third-order valence-electron chi connectivity index (χ3n) is 3.96. The molecule has 0 aromatic carbocycles. The number of hydrogen-bond acceptors (Lipinski definition) is 5. The van der Waals surface area contributed by atoms with Crippen molar-refractivity contribution < 1.29 is 14.3 Å². The molecule has 0 aliphatic heterocycles. The van der Waals surface area contributed by atoms with Crippen LogP contribution in [0.3, 0.4) is 0 Å². The van der Waals surface area contributed by atoms with E-state index in [-0.39, 0.29) is 12.3 Å². The highest BCUT2D eigenvalue weighted by Crippen LogP contribution is 2.17. The Kier molecular flexibility index (Phi) is 5.90. The molecule has 2 aromatic heterocycles. The van der Waals surface area contributed by atoms with Crippen molar-refractivity contribution in [2.45, 2.75) is 46.6 Å². The summed E-state index contributed by atoms with van der Waals surface area (Å²) >= 11 is 0. The molecule has 7 heteroatoms. The summed E-state index contributed by atoms with van der Waals surface area (Å²) in [5.74, 6) is -0.757. The molecule has 1 N–H and O–H groups in total. The van der Waals surface area contributed by atoms with Gasteiger partial charge in [0, 0.05) is 30.4 Å². The topological polar surface area (TPSA) is 85.6 Å². The molecule has 0 aliphatic rings. The van der Waals surface area contributed by atoms with Crippen LogP contribution in [0.25, 0.3) is 5.65 Å². The van der Waals surface area contributed by atoms with Crippen LogP contribution in [-0.2, 0) is 20.7 Å². The second-order valence-corrected chi connectivity index (χ2v) is 5.98. The van der Waals surface area contributed by atoms with Gasteiger partial charge in [-0.2, -0.15) is 5.10 Å². The Bertz CT molecular complexity index is 810. The molecule has 7 nitrogen and oxygen atoms in total. The Morgan fingerprint density at radius 2 is 2.12 bits per heavy atom. The van der Waals surface area contributed by atoms with Crippen LogP contribution in [0, 0.1) is 20.8 Å². The van der Waals surface area contributed by atoms with Gasteiger partial charge in [-0.3, -0.25) is 9.59 Å². The van der Waals surface area contributed by atoms with Crippen LogP contribution in [0.4, 0.5) is 0 Å². The summed E-state index contributed by atoms with van der Waals surface area (Å²) in [6.07, 6.45) is 1.40. The zero-order valence-electron chi connectivity index (χ0n) is 15.1. The zero-order valence-corrected chi connectivity index (χ0v) is 15.1. The maximum atomic E-state index is 12.0. The van der Waals surface area contributed by atoms with E-state index in [1.807, 2.05) is 26.8 Å². The summed E-state index contributed by atoms with van der Waals surface area (Å²) in [6, 6.07) is 1.92. The molecule has 25 heavy (non-hydrogen) atoms. The van der Waals surface area contributed by atoms with Crippen LogP contribution in [0.2, 0.25) is 0 Å². The van der Waals surface area contributed by atoms with Gasteiger partial charge in [0.05, 0.1) is 5.69 Å². The van der Waals surface area contributed by atoms with Gasteiger partial charge in [0.2, 0.25) is 0 Å². The quantitative estimate of drug-likeness (QED) is 0.612. The highest BCUT2D eigenvalue weighted by Gasteiger charge is 2.18. The molecule has 0 spiro atoms. The van der Waals surface area contributed by atoms with Gasteiger partial charge in [-0.15, -0.1) is 6.58 Å². The van der Waals surface area contributed by atoms with Crippen LogP contribution in [0.15, 0.2) is 18.7 Å². The van der Waals surface area contributed by atoms with Crippen molar-refractivity contribution in [3.05, 3.63) is 41.4 Å². The van der Waals surface area contributed by atoms with Gasteiger partial charge in [-0.1, -0.05) is 6.08 Å². The molecular weight excluding hydrogens is 320 g/mol. The number of hydrogen-bond donors (Lipinski definition) is 1. The molecule has 0 radical (unpaired) electrons. The van der Waals surface area contributed by atoms with Crippen molar-refractivity contribution in [1.82, 2.24) is 19.9 Å². The molecule has 0 aliphatic carbocycles. The van der Waals surface area contributed by atoms with Crippen molar-refractivity contribution in [2.75, 3.05) is 6.54 Å². The summed E-state index contributed by atoms with van der Waals surface area (Å²) < 4.78 is 6.96. The Morgan fingerprint density at radius 3 is 2.80 bits per heavy atom. The number of aryl methyl sites for hydroxylation is 3. The SMILES string of the molecule is C=CCNC(=O)C(C)OC(=O)CCc1c(C)nc2cc(C)nn2c1C. The molecule has 1 atom stereocenters. The number of esters is 1. The van der Waals surface area contributed by atoms with E-state index >= 15 is 0 Å². The third kappa shape index (κ3) is 4.43. The third-order valence-corrected chi connectivity index (χ3v) is 3.96. The average molecular weight is 344 g/mol. The molecule has 2 rings (SSSR count). The first-order chi connectivity index (χ1) is 11.8. The summed E-state index contributed by atoms with van der Waals surface area (Å²) in [4.78, 5) is 28.3. The van der Waals surface area contributed by atoms with Crippen LogP contribution in [0.5, 0.6) is 0 Å². The number of nitrogens with one attached hydrogen (secondary N) is 1. The van der Waals surface area contributed by atoms with E-state index < -0.39 is 12.1 Å². The number of carbonyl (C=O) groups is 2. The lowest BCUT2D eigenvalue weighted by molar-refractivity contribution is -0.154. The predicted octanol–water partition coefficient (Wildman–Crippen LogP) is 1.82. The number of rotatable bonds is 7. The summed E-state index contributed by atoms with van der Waals surface area (Å²) in [5.41, 5.74) is 4.49. The first-order valence-electron chi connectivity index (χ1n) is 8.24. The average Bonchev–Trinajstić information content (AvgIpc) is 2.92. The van der Waals surface area contributed by atoms with Gasteiger partial charge in [0.1, 0.15) is 0 Å². The fourth-order valence-corrected chi connectivity index (χ4v) is 2.66. The van der Waals surface area contributed by atoms with Gasteiger partial charge in [-0.05, 0) is 39.7 Å². The number of fused-ring (bicyclic) bond motifs is 1. The molecule has 1 amide bonds. The molecule has 0 bridgehead atoms. The number of amides is 1. The molecule has 2 heterocycles. The number of aromatic nitrogens is 3. The normalized spacial score (nSPS) is 12.0. The monoisotopic (exact) mass is 344 g/mol. The largest absolute Gasteiger partial charge is 0.453 e. The van der Waals surface area contributed by atoms with Gasteiger partial charge >= 0.3 is 5.97 Å². The Labute approximate surface area is 147 Å². The van der Waals surface area contributed by atoms with E-state index in [4.69, 9.17) is 4.74 Å². The fourth-order valence-electron chi connectivity index (χ4n) is 2.66. The summed E-state index contributed by atoms with van der Waals surface area (Å²) in [5, 5.41) is 7.01. The Hall–Kier alpha value is -2.70. The summed E-state index contributed by atoms with van der Waals surface area (Å²) in [6.45, 7) is 11.2. The first kappa shape index (κ1) is 18.6. The van der Waals surface area contributed by atoms with E-state index in [0.717, 1.165) is 28.3 Å². The molecule has 2 aromatic rings. The standard InChI is InChI=1S/C18H24N4O3/c1-6-9-19-18(24)14(5)25-17(23)8-7-15-12(3)20-16-10-11(2)21-22(16)13(15)4/h6,10,14H,1,7-9H2,2-5H3,(H,19,24). The van der Waals surface area contributed by atoms with Gasteiger partial charge < -0.3 is 10.1 Å². The lowest BCUT2D eigenvalue weighted by Crippen LogP contribution is -2.35. The minimum Gasteiger partial charge on any atom is -0.453 e. The van der Waals surface area contributed by atoms with E-state index in [1.54, 1.807) is 17.5 Å². The number of carbonyl (C=O) groups excluding carboxylic acids is 2. The van der Waals surface area contributed by atoms with E-state index in [1.165, 1.54) is 0 Å². The second-order valence-electron chi connectivity index (χ2n) is 5.98. The van der Waals surface area contributed by atoms with Crippen molar-refractivity contribution in [3.8, 4) is 0 Å². The molecule has 0 fully saturated rings. The fraction of sp³-hybridized carbons (Fsp3) is 0.444. The smallest absolute Gasteiger partial charge is 0.306 e. The van der Waals surface area contributed by atoms with E-state index in [9.17, 15) is 9.59 Å². The maximum Gasteiger partial charge on any atom is 0.306 e. The maximum absolute atomic E-state index is 12.0. The van der Waals surface area contributed by atoms with Crippen LogP contribution >= 0.6 is 0 Å². The Morgan fingerprint density at radius 1 is 1.40 bits per heavy atom. The van der Waals surface area contributed by atoms with Crippen LogP contribution in [-0.4, -0.2) is 39.1 Å². The highest BCUT2D eigenvalue weighted by molar-refractivity contribution is 5.83. The van der Waals surface area contributed by atoms with Crippen molar-refractivity contribution in [1.29, 1.82) is 0 Å². The van der Waals surface area contributed by atoms with E-state index in [2.05, 4.69) is 22.0 Å². The lowest BCUT2D eigenvalue weighted by atomic mass is 10.1. The van der Waals surface area contributed by atoms with Crippen molar-refractivity contribution >= 4 is 17.5 Å². The molecule has 0 saturated carbocycles. The highest BCUT2D eigenvalue weighted by atomic mass is 16.5. The van der Waals surface area contributed by atoms with Crippen molar-refractivity contribution in [2.24, 2.45) is 0 Å².